The maximum Gasteiger partial charge on any atom is 0.307 e. The number of nitrogens with zero attached hydrogens (tertiary/aromatic N) is 2. The Kier molecular flexibility index (Phi) is 3.47. The lowest BCUT2D eigenvalue weighted by Crippen LogP contribution is -2.20. The van der Waals surface area contributed by atoms with Crippen LogP contribution in [0.1, 0.15) is 56.5 Å². The molecule has 2 unspecified atom stereocenters. The van der Waals surface area contributed by atoms with Crippen LogP contribution < -0.4 is 0 Å². The smallest absolute Gasteiger partial charge is 0.307 e. The molecule has 4 nitrogen and oxygen atoms in total. The number of carboxylic acids is 1. The molecule has 1 aromatic carbocycles. The minimum absolute atomic E-state index is 0.0395. The van der Waals surface area contributed by atoms with E-state index in [0.717, 1.165) is 36.1 Å². The number of aryl methyl sites for hydroxylation is 1. The number of fused-ring (bicyclic) bond motifs is 1. The predicted octanol–water partition coefficient (Wildman–Crippen LogP) is 3.89. The molecule has 1 aliphatic rings. The zero-order chi connectivity index (χ0) is 15.1. The van der Waals surface area contributed by atoms with Gasteiger partial charge < -0.3 is 9.67 Å². The summed E-state index contributed by atoms with van der Waals surface area (Å²) in [5.41, 5.74) is 3.28. The van der Waals surface area contributed by atoms with Gasteiger partial charge in [0.2, 0.25) is 0 Å². The molecule has 2 aromatic rings. The van der Waals surface area contributed by atoms with Crippen molar-refractivity contribution in [2.45, 2.75) is 52.0 Å². The molecule has 0 aliphatic heterocycles. The molecule has 1 fully saturated rings. The van der Waals surface area contributed by atoms with Crippen LogP contribution in [0.25, 0.3) is 11.0 Å². The van der Waals surface area contributed by atoms with Gasteiger partial charge in [0.25, 0.3) is 0 Å². The van der Waals surface area contributed by atoms with Crippen LogP contribution in [0, 0.1) is 12.8 Å². The number of aliphatic carboxylic acids is 1. The van der Waals surface area contributed by atoms with Crippen molar-refractivity contribution >= 4 is 17.0 Å². The van der Waals surface area contributed by atoms with Crippen LogP contribution in [-0.4, -0.2) is 20.6 Å². The van der Waals surface area contributed by atoms with E-state index in [0.29, 0.717) is 0 Å². The van der Waals surface area contributed by atoms with Crippen LogP contribution in [0.3, 0.4) is 0 Å². The molecule has 0 spiro atoms. The van der Waals surface area contributed by atoms with Gasteiger partial charge in [-0.3, -0.25) is 4.79 Å². The summed E-state index contributed by atoms with van der Waals surface area (Å²) < 4.78 is 2.22. The van der Waals surface area contributed by atoms with E-state index >= 15 is 0 Å². The number of carbonyl (C=O) groups is 1. The maximum atomic E-state index is 11.5. The Labute approximate surface area is 124 Å². The molecule has 0 amide bonds. The van der Waals surface area contributed by atoms with E-state index in [4.69, 9.17) is 4.98 Å². The summed E-state index contributed by atoms with van der Waals surface area (Å²) >= 11 is 0. The van der Waals surface area contributed by atoms with E-state index in [9.17, 15) is 9.90 Å². The first-order valence-electron chi connectivity index (χ1n) is 7.70. The molecule has 1 aliphatic carbocycles. The van der Waals surface area contributed by atoms with Crippen molar-refractivity contribution < 1.29 is 9.90 Å². The normalized spacial score (nSPS) is 22.3. The van der Waals surface area contributed by atoms with Crippen molar-refractivity contribution in [2.75, 3.05) is 0 Å². The van der Waals surface area contributed by atoms with Gasteiger partial charge in [-0.05, 0) is 51.3 Å². The monoisotopic (exact) mass is 286 g/mol. The average molecular weight is 286 g/mol. The lowest BCUT2D eigenvalue weighted by Gasteiger charge is -2.20. The van der Waals surface area contributed by atoms with E-state index in [-0.39, 0.29) is 17.9 Å². The van der Waals surface area contributed by atoms with Crippen molar-refractivity contribution in [2.24, 2.45) is 5.92 Å². The number of imidazole rings is 1. The second-order valence-corrected chi connectivity index (χ2v) is 6.41. The SMILES string of the molecule is Cc1ccc2c(c1)nc(C1CCCC1C(=O)O)n2C(C)C. The summed E-state index contributed by atoms with van der Waals surface area (Å²) in [6, 6.07) is 6.56. The van der Waals surface area contributed by atoms with Crippen molar-refractivity contribution in [3.8, 4) is 0 Å². The Hall–Kier alpha value is -1.84. The molecule has 1 aromatic heterocycles. The molecular formula is C17H22N2O2. The van der Waals surface area contributed by atoms with Gasteiger partial charge in [0.05, 0.1) is 17.0 Å². The third-order valence-electron chi connectivity index (χ3n) is 4.55. The van der Waals surface area contributed by atoms with Crippen LogP contribution in [0.5, 0.6) is 0 Å². The fourth-order valence-corrected chi connectivity index (χ4v) is 3.60. The van der Waals surface area contributed by atoms with E-state index < -0.39 is 5.97 Å². The first-order valence-corrected chi connectivity index (χ1v) is 7.70. The number of aromatic nitrogens is 2. The molecule has 0 bridgehead atoms. The highest BCUT2D eigenvalue weighted by Crippen LogP contribution is 2.41. The van der Waals surface area contributed by atoms with Crippen LogP contribution in [0.4, 0.5) is 0 Å². The van der Waals surface area contributed by atoms with Gasteiger partial charge in [-0.2, -0.15) is 0 Å². The third kappa shape index (κ3) is 2.33. The van der Waals surface area contributed by atoms with Crippen molar-refractivity contribution in [3.63, 3.8) is 0 Å². The molecule has 21 heavy (non-hydrogen) atoms. The molecule has 0 radical (unpaired) electrons. The van der Waals surface area contributed by atoms with Crippen LogP contribution >= 0.6 is 0 Å². The molecule has 1 heterocycles. The first-order chi connectivity index (χ1) is 9.99. The second-order valence-electron chi connectivity index (χ2n) is 6.41. The molecular weight excluding hydrogens is 264 g/mol. The highest BCUT2D eigenvalue weighted by molar-refractivity contribution is 5.78. The molecule has 0 saturated heterocycles. The molecule has 3 rings (SSSR count). The summed E-state index contributed by atoms with van der Waals surface area (Å²) in [5, 5.41) is 9.46. The standard InChI is InChI=1S/C17H22N2O2/c1-10(2)19-15-8-7-11(3)9-14(15)18-16(19)12-5-4-6-13(12)17(20)21/h7-10,12-13H,4-6H2,1-3H3,(H,20,21). The van der Waals surface area contributed by atoms with Gasteiger partial charge in [-0.1, -0.05) is 12.5 Å². The van der Waals surface area contributed by atoms with Gasteiger partial charge in [0.1, 0.15) is 5.82 Å². The van der Waals surface area contributed by atoms with E-state index in [1.54, 1.807) is 0 Å². The van der Waals surface area contributed by atoms with E-state index in [1.807, 2.05) is 0 Å². The topological polar surface area (TPSA) is 55.1 Å². The molecule has 112 valence electrons. The summed E-state index contributed by atoms with van der Waals surface area (Å²) in [5.74, 6) is 0.0181. The summed E-state index contributed by atoms with van der Waals surface area (Å²) in [6.07, 6.45) is 2.66. The van der Waals surface area contributed by atoms with Crippen LogP contribution in [0.15, 0.2) is 18.2 Å². The number of hydrogen-bond acceptors (Lipinski definition) is 2. The molecule has 1 saturated carbocycles. The fraction of sp³-hybridized carbons (Fsp3) is 0.529. The molecule has 4 heteroatoms. The number of carboxylic acid groups (broad SMARTS) is 1. The van der Waals surface area contributed by atoms with Crippen molar-refractivity contribution in [1.82, 2.24) is 9.55 Å². The van der Waals surface area contributed by atoms with Crippen LogP contribution in [-0.2, 0) is 4.79 Å². The Morgan fingerprint density at radius 2 is 2.14 bits per heavy atom. The van der Waals surface area contributed by atoms with Gasteiger partial charge >= 0.3 is 5.97 Å². The first kappa shape index (κ1) is 14.1. The minimum Gasteiger partial charge on any atom is -0.481 e. The zero-order valence-electron chi connectivity index (χ0n) is 12.8. The average Bonchev–Trinajstić information content (AvgIpc) is 3.01. The van der Waals surface area contributed by atoms with E-state index in [2.05, 4.69) is 43.5 Å². The summed E-state index contributed by atoms with van der Waals surface area (Å²) in [4.78, 5) is 16.3. The van der Waals surface area contributed by atoms with Gasteiger partial charge in [-0.15, -0.1) is 0 Å². The highest BCUT2D eigenvalue weighted by Gasteiger charge is 2.37. The predicted molar refractivity (Wildman–Crippen MR) is 82.6 cm³/mol. The van der Waals surface area contributed by atoms with Gasteiger partial charge in [0, 0.05) is 12.0 Å². The summed E-state index contributed by atoms with van der Waals surface area (Å²) in [6.45, 7) is 6.33. The quantitative estimate of drug-likeness (QED) is 0.931. The lowest BCUT2D eigenvalue weighted by atomic mass is 9.95. The number of hydrogen-bond donors (Lipinski definition) is 1. The fourth-order valence-electron chi connectivity index (χ4n) is 3.60. The highest BCUT2D eigenvalue weighted by atomic mass is 16.4. The minimum atomic E-state index is -0.684. The van der Waals surface area contributed by atoms with E-state index in [1.165, 1.54) is 5.56 Å². The number of benzene rings is 1. The Morgan fingerprint density at radius 1 is 1.38 bits per heavy atom. The largest absolute Gasteiger partial charge is 0.481 e. The Balaban J connectivity index is 2.17. The summed E-state index contributed by atoms with van der Waals surface area (Å²) in [7, 11) is 0. The maximum absolute atomic E-state index is 11.5. The second kappa shape index (κ2) is 5.17. The van der Waals surface area contributed by atoms with Crippen molar-refractivity contribution in [1.29, 1.82) is 0 Å². The van der Waals surface area contributed by atoms with Gasteiger partial charge in [0.15, 0.2) is 0 Å². The van der Waals surface area contributed by atoms with Crippen LogP contribution in [0.2, 0.25) is 0 Å². The third-order valence-corrected chi connectivity index (χ3v) is 4.55. The van der Waals surface area contributed by atoms with Crippen molar-refractivity contribution in [3.05, 3.63) is 29.6 Å². The molecule has 2 atom stereocenters. The Morgan fingerprint density at radius 3 is 2.81 bits per heavy atom. The Bertz CT molecular complexity index is 687. The zero-order valence-corrected chi connectivity index (χ0v) is 12.8. The van der Waals surface area contributed by atoms with Gasteiger partial charge in [-0.25, -0.2) is 4.98 Å². The lowest BCUT2D eigenvalue weighted by molar-refractivity contribution is -0.142. The molecule has 1 N–H and O–H groups in total. The number of rotatable bonds is 3.